The van der Waals surface area contributed by atoms with Crippen molar-refractivity contribution in [3.05, 3.63) is 29.3 Å². The molecule has 0 fully saturated rings. The molecule has 1 aliphatic carbocycles. The fourth-order valence-corrected chi connectivity index (χ4v) is 2.39. The molecule has 1 unspecified atom stereocenters. The van der Waals surface area contributed by atoms with Gasteiger partial charge < -0.3 is 15.2 Å². The van der Waals surface area contributed by atoms with Crippen LogP contribution in [0.25, 0.3) is 0 Å². The average Bonchev–Trinajstić information content (AvgIpc) is 2.35. The number of aryl methyl sites for hydroxylation is 1. The predicted molar refractivity (Wildman–Crippen MR) is 73.2 cm³/mol. The largest absolute Gasteiger partial charge is 0.482 e. The summed E-state index contributed by atoms with van der Waals surface area (Å²) in [5.41, 5.74) is 8.59. The Morgan fingerprint density at radius 2 is 2.21 bits per heavy atom. The summed E-state index contributed by atoms with van der Waals surface area (Å²) < 4.78 is 10.3. The summed E-state index contributed by atoms with van der Waals surface area (Å²) >= 11 is 0. The number of hydrogen-bond acceptors (Lipinski definition) is 4. The summed E-state index contributed by atoms with van der Waals surface area (Å²) in [7, 11) is 0. The van der Waals surface area contributed by atoms with Gasteiger partial charge in [-0.2, -0.15) is 0 Å². The molecule has 2 N–H and O–H groups in total. The number of esters is 1. The van der Waals surface area contributed by atoms with Gasteiger partial charge in [0.25, 0.3) is 0 Å². The van der Waals surface area contributed by atoms with Crippen molar-refractivity contribution in [1.29, 1.82) is 0 Å². The SMILES string of the molecule is CCOC(=O)COc1ccc2c(c1)CC(C)(N)CC2. The van der Waals surface area contributed by atoms with E-state index in [1.165, 1.54) is 11.1 Å². The lowest BCUT2D eigenvalue weighted by molar-refractivity contribution is -0.145. The lowest BCUT2D eigenvalue weighted by Crippen LogP contribution is -2.41. The zero-order chi connectivity index (χ0) is 13.9. The molecule has 1 aromatic carbocycles. The molecule has 19 heavy (non-hydrogen) atoms. The monoisotopic (exact) mass is 263 g/mol. The molecule has 4 nitrogen and oxygen atoms in total. The molecule has 1 aliphatic rings. The predicted octanol–water partition coefficient (Wildman–Crippen LogP) is 1.83. The van der Waals surface area contributed by atoms with Crippen molar-refractivity contribution in [1.82, 2.24) is 0 Å². The molecule has 1 aromatic rings. The van der Waals surface area contributed by atoms with E-state index in [1.807, 2.05) is 12.1 Å². The zero-order valence-corrected chi connectivity index (χ0v) is 11.6. The number of ether oxygens (including phenoxy) is 2. The normalized spacial score (nSPS) is 21.6. The molecule has 104 valence electrons. The second kappa shape index (κ2) is 5.61. The summed E-state index contributed by atoms with van der Waals surface area (Å²) in [5, 5.41) is 0. The van der Waals surface area contributed by atoms with Crippen molar-refractivity contribution < 1.29 is 14.3 Å². The van der Waals surface area contributed by atoms with Crippen molar-refractivity contribution in [3.63, 3.8) is 0 Å². The van der Waals surface area contributed by atoms with E-state index in [9.17, 15) is 4.79 Å². The van der Waals surface area contributed by atoms with Gasteiger partial charge in [0.1, 0.15) is 5.75 Å². The average molecular weight is 263 g/mol. The van der Waals surface area contributed by atoms with E-state index >= 15 is 0 Å². The van der Waals surface area contributed by atoms with E-state index in [2.05, 4.69) is 13.0 Å². The maximum absolute atomic E-state index is 11.2. The van der Waals surface area contributed by atoms with E-state index in [-0.39, 0.29) is 18.1 Å². The first-order chi connectivity index (χ1) is 9.00. The summed E-state index contributed by atoms with van der Waals surface area (Å²) in [5.74, 6) is 0.355. The Balaban J connectivity index is 2.02. The summed E-state index contributed by atoms with van der Waals surface area (Å²) in [6.45, 7) is 4.17. The van der Waals surface area contributed by atoms with Crippen LogP contribution in [0.3, 0.4) is 0 Å². The van der Waals surface area contributed by atoms with Crippen LogP contribution >= 0.6 is 0 Å². The molecule has 0 heterocycles. The van der Waals surface area contributed by atoms with Gasteiger partial charge in [-0.25, -0.2) is 4.79 Å². The highest BCUT2D eigenvalue weighted by Gasteiger charge is 2.25. The number of hydrogen-bond donors (Lipinski definition) is 1. The van der Waals surface area contributed by atoms with E-state index in [0.29, 0.717) is 12.4 Å². The number of rotatable bonds is 4. The van der Waals surface area contributed by atoms with Crippen LogP contribution in [0, 0.1) is 0 Å². The highest BCUT2D eigenvalue weighted by atomic mass is 16.6. The van der Waals surface area contributed by atoms with Crippen LogP contribution in [0.4, 0.5) is 0 Å². The van der Waals surface area contributed by atoms with Crippen LogP contribution < -0.4 is 10.5 Å². The Morgan fingerprint density at radius 1 is 1.42 bits per heavy atom. The van der Waals surface area contributed by atoms with E-state index in [4.69, 9.17) is 15.2 Å². The molecule has 4 heteroatoms. The van der Waals surface area contributed by atoms with Gasteiger partial charge in [0.05, 0.1) is 6.61 Å². The third-order valence-electron chi connectivity index (χ3n) is 3.40. The van der Waals surface area contributed by atoms with Gasteiger partial charge in [0.2, 0.25) is 0 Å². The molecule has 0 aromatic heterocycles. The number of carbonyl (C=O) groups excluding carboxylic acids is 1. The molecular formula is C15H21NO3. The first-order valence-corrected chi connectivity index (χ1v) is 6.69. The minimum Gasteiger partial charge on any atom is -0.482 e. The smallest absolute Gasteiger partial charge is 0.344 e. The minimum absolute atomic E-state index is 0.0491. The standard InChI is InChI=1S/C15H21NO3/c1-3-18-14(17)10-19-13-5-4-11-6-7-15(2,16)9-12(11)8-13/h4-5,8H,3,6-7,9-10,16H2,1-2H3. The number of fused-ring (bicyclic) bond motifs is 1. The topological polar surface area (TPSA) is 61.5 Å². The van der Waals surface area contributed by atoms with Crippen LogP contribution in [0.1, 0.15) is 31.4 Å². The lowest BCUT2D eigenvalue weighted by Gasteiger charge is -2.31. The van der Waals surface area contributed by atoms with Gasteiger partial charge in [0, 0.05) is 5.54 Å². The maximum Gasteiger partial charge on any atom is 0.344 e. The molecule has 0 radical (unpaired) electrons. The maximum atomic E-state index is 11.2. The fraction of sp³-hybridized carbons (Fsp3) is 0.533. The van der Waals surface area contributed by atoms with Crippen molar-refractivity contribution in [2.24, 2.45) is 5.73 Å². The second-order valence-corrected chi connectivity index (χ2v) is 5.36. The van der Waals surface area contributed by atoms with Gasteiger partial charge in [-0.15, -0.1) is 0 Å². The van der Waals surface area contributed by atoms with Crippen LogP contribution in [0.5, 0.6) is 5.75 Å². The molecule has 2 rings (SSSR count). The number of nitrogens with two attached hydrogens (primary N) is 1. The Hall–Kier alpha value is -1.55. The molecule has 0 saturated heterocycles. The first-order valence-electron chi connectivity index (χ1n) is 6.69. The summed E-state index contributed by atoms with van der Waals surface area (Å²) in [6, 6.07) is 5.95. The third-order valence-corrected chi connectivity index (χ3v) is 3.40. The minimum atomic E-state index is -0.344. The summed E-state index contributed by atoms with van der Waals surface area (Å²) in [4.78, 5) is 11.2. The van der Waals surface area contributed by atoms with Crippen molar-refractivity contribution >= 4 is 5.97 Å². The Labute approximate surface area is 113 Å². The number of carbonyl (C=O) groups is 1. The highest BCUT2D eigenvalue weighted by Crippen LogP contribution is 2.29. The van der Waals surface area contributed by atoms with Crippen molar-refractivity contribution in [3.8, 4) is 5.75 Å². The van der Waals surface area contributed by atoms with Gasteiger partial charge >= 0.3 is 5.97 Å². The van der Waals surface area contributed by atoms with Gasteiger partial charge in [-0.1, -0.05) is 6.07 Å². The van der Waals surface area contributed by atoms with E-state index in [0.717, 1.165) is 19.3 Å². The molecule has 0 saturated carbocycles. The molecule has 0 aliphatic heterocycles. The Bertz CT molecular complexity index is 468. The molecular weight excluding hydrogens is 242 g/mol. The van der Waals surface area contributed by atoms with Crippen molar-refractivity contribution in [2.45, 2.75) is 38.6 Å². The molecule has 1 atom stereocenters. The van der Waals surface area contributed by atoms with E-state index in [1.54, 1.807) is 6.92 Å². The Morgan fingerprint density at radius 3 is 2.95 bits per heavy atom. The van der Waals surface area contributed by atoms with Crippen LogP contribution in [-0.2, 0) is 22.4 Å². The van der Waals surface area contributed by atoms with Gasteiger partial charge in [0.15, 0.2) is 6.61 Å². The second-order valence-electron chi connectivity index (χ2n) is 5.36. The molecule has 0 amide bonds. The van der Waals surface area contributed by atoms with Gasteiger partial charge in [-0.05, 0) is 56.4 Å². The fourth-order valence-electron chi connectivity index (χ4n) is 2.39. The summed E-state index contributed by atoms with van der Waals surface area (Å²) in [6.07, 6.45) is 2.85. The van der Waals surface area contributed by atoms with Crippen LogP contribution in [0.2, 0.25) is 0 Å². The molecule has 0 bridgehead atoms. The number of benzene rings is 1. The quantitative estimate of drug-likeness (QED) is 0.842. The highest BCUT2D eigenvalue weighted by molar-refractivity contribution is 5.71. The van der Waals surface area contributed by atoms with Gasteiger partial charge in [-0.3, -0.25) is 0 Å². The lowest BCUT2D eigenvalue weighted by atomic mass is 9.80. The van der Waals surface area contributed by atoms with Crippen molar-refractivity contribution in [2.75, 3.05) is 13.2 Å². The zero-order valence-electron chi connectivity index (χ0n) is 11.6. The van der Waals surface area contributed by atoms with E-state index < -0.39 is 0 Å². The third kappa shape index (κ3) is 3.70. The first kappa shape index (κ1) is 13.9. The Kier molecular flexibility index (Phi) is 4.10. The van der Waals surface area contributed by atoms with Crippen LogP contribution in [-0.4, -0.2) is 24.7 Å². The molecule has 0 spiro atoms. The van der Waals surface area contributed by atoms with Crippen LogP contribution in [0.15, 0.2) is 18.2 Å².